The fraction of sp³-hybridized carbons (Fsp3) is 0.364. The van der Waals surface area contributed by atoms with E-state index in [1.54, 1.807) is 0 Å². The van der Waals surface area contributed by atoms with E-state index >= 15 is 0 Å². The molecular formula is C11H15NO2. The van der Waals surface area contributed by atoms with Crippen molar-refractivity contribution in [1.29, 1.82) is 0 Å². The van der Waals surface area contributed by atoms with Crippen LogP contribution in [0, 0.1) is 6.92 Å². The zero-order valence-corrected chi connectivity index (χ0v) is 8.23. The van der Waals surface area contributed by atoms with Crippen molar-refractivity contribution in [3.8, 4) is 0 Å². The van der Waals surface area contributed by atoms with Crippen LogP contribution in [-0.4, -0.2) is 17.1 Å². The van der Waals surface area contributed by atoms with Gasteiger partial charge >= 0.3 is 5.97 Å². The summed E-state index contributed by atoms with van der Waals surface area (Å²) in [7, 11) is 0. The van der Waals surface area contributed by atoms with Crippen molar-refractivity contribution < 1.29 is 9.90 Å². The third kappa shape index (κ3) is 3.58. The van der Waals surface area contributed by atoms with Gasteiger partial charge in [0.1, 0.15) is 0 Å². The topological polar surface area (TPSA) is 63.3 Å². The number of benzene rings is 1. The molecule has 0 aliphatic carbocycles. The lowest BCUT2D eigenvalue weighted by Gasteiger charge is -2.08. The Morgan fingerprint density at radius 1 is 1.43 bits per heavy atom. The van der Waals surface area contributed by atoms with Crippen molar-refractivity contribution in [2.24, 2.45) is 5.73 Å². The van der Waals surface area contributed by atoms with E-state index in [0.29, 0.717) is 6.42 Å². The lowest BCUT2D eigenvalue weighted by molar-refractivity contribution is -0.137. The quantitative estimate of drug-likeness (QED) is 0.758. The van der Waals surface area contributed by atoms with Gasteiger partial charge < -0.3 is 10.8 Å². The van der Waals surface area contributed by atoms with Gasteiger partial charge in [0, 0.05) is 6.04 Å². The number of hydrogen-bond acceptors (Lipinski definition) is 2. The highest BCUT2D eigenvalue weighted by atomic mass is 16.4. The van der Waals surface area contributed by atoms with Crippen LogP contribution in [0.1, 0.15) is 17.5 Å². The standard InChI is InChI=1S/C11H15NO2/c1-8-2-4-9(5-3-8)6-10(12)7-11(13)14/h2-5,10H,6-7,12H2,1H3,(H,13,14). The lowest BCUT2D eigenvalue weighted by atomic mass is 10.0. The zero-order valence-electron chi connectivity index (χ0n) is 8.23. The Morgan fingerprint density at radius 3 is 2.50 bits per heavy atom. The molecule has 0 amide bonds. The summed E-state index contributed by atoms with van der Waals surface area (Å²) >= 11 is 0. The van der Waals surface area contributed by atoms with E-state index in [-0.39, 0.29) is 12.5 Å². The molecule has 1 rings (SSSR count). The lowest BCUT2D eigenvalue weighted by Crippen LogP contribution is -2.26. The van der Waals surface area contributed by atoms with Crippen LogP contribution in [0.15, 0.2) is 24.3 Å². The van der Waals surface area contributed by atoms with Gasteiger partial charge in [0.25, 0.3) is 0 Å². The number of carbonyl (C=O) groups is 1. The van der Waals surface area contributed by atoms with Crippen molar-refractivity contribution in [2.45, 2.75) is 25.8 Å². The summed E-state index contributed by atoms with van der Waals surface area (Å²) in [6.07, 6.45) is 0.639. The largest absolute Gasteiger partial charge is 0.481 e. The van der Waals surface area contributed by atoms with Gasteiger partial charge in [-0.15, -0.1) is 0 Å². The van der Waals surface area contributed by atoms with Crippen LogP contribution in [-0.2, 0) is 11.2 Å². The normalized spacial score (nSPS) is 12.4. The van der Waals surface area contributed by atoms with E-state index in [9.17, 15) is 4.79 Å². The predicted octanol–water partition coefficient (Wildman–Crippen LogP) is 1.34. The maximum Gasteiger partial charge on any atom is 0.304 e. The second kappa shape index (κ2) is 4.77. The Morgan fingerprint density at radius 2 is 2.00 bits per heavy atom. The summed E-state index contributed by atoms with van der Waals surface area (Å²) in [4.78, 5) is 10.4. The average Bonchev–Trinajstić information content (AvgIpc) is 2.07. The van der Waals surface area contributed by atoms with E-state index in [4.69, 9.17) is 10.8 Å². The molecule has 0 spiro atoms. The molecule has 0 aromatic heterocycles. The molecule has 0 heterocycles. The molecule has 3 N–H and O–H groups in total. The number of rotatable bonds is 4. The summed E-state index contributed by atoms with van der Waals surface area (Å²) in [5.74, 6) is -0.843. The van der Waals surface area contributed by atoms with Crippen molar-refractivity contribution in [3.05, 3.63) is 35.4 Å². The molecule has 0 saturated carbocycles. The SMILES string of the molecule is Cc1ccc(CC(N)CC(=O)O)cc1. The highest BCUT2D eigenvalue weighted by Crippen LogP contribution is 2.06. The molecule has 0 fully saturated rings. The third-order valence-corrected chi connectivity index (χ3v) is 2.06. The Kier molecular flexibility index (Phi) is 3.65. The maximum absolute atomic E-state index is 10.4. The molecule has 1 aromatic rings. The van der Waals surface area contributed by atoms with Crippen molar-refractivity contribution in [3.63, 3.8) is 0 Å². The molecule has 0 aliphatic rings. The Bertz CT molecular complexity index is 306. The minimum absolute atomic E-state index is 0.0217. The second-order valence-electron chi connectivity index (χ2n) is 3.55. The smallest absolute Gasteiger partial charge is 0.304 e. The summed E-state index contributed by atoms with van der Waals surface area (Å²) in [5, 5.41) is 8.53. The minimum Gasteiger partial charge on any atom is -0.481 e. The molecule has 1 atom stereocenters. The summed E-state index contributed by atoms with van der Waals surface area (Å²) < 4.78 is 0. The highest BCUT2D eigenvalue weighted by Gasteiger charge is 2.08. The summed E-state index contributed by atoms with van der Waals surface area (Å²) in [5.41, 5.74) is 7.95. The monoisotopic (exact) mass is 193 g/mol. The molecule has 0 bridgehead atoms. The Balaban J connectivity index is 2.51. The number of aliphatic carboxylic acids is 1. The van der Waals surface area contributed by atoms with E-state index in [2.05, 4.69) is 0 Å². The van der Waals surface area contributed by atoms with Crippen LogP contribution < -0.4 is 5.73 Å². The van der Waals surface area contributed by atoms with Gasteiger partial charge in [0.15, 0.2) is 0 Å². The van der Waals surface area contributed by atoms with Gasteiger partial charge in [-0.1, -0.05) is 29.8 Å². The number of carboxylic acid groups (broad SMARTS) is 1. The van der Waals surface area contributed by atoms with Gasteiger partial charge in [0.05, 0.1) is 6.42 Å². The van der Waals surface area contributed by atoms with Crippen LogP contribution in [0.4, 0.5) is 0 Å². The van der Waals surface area contributed by atoms with Crippen LogP contribution in [0.3, 0.4) is 0 Å². The van der Waals surface area contributed by atoms with Gasteiger partial charge in [-0.3, -0.25) is 4.79 Å². The van der Waals surface area contributed by atoms with E-state index < -0.39 is 5.97 Å². The van der Waals surface area contributed by atoms with Crippen LogP contribution in [0.25, 0.3) is 0 Å². The van der Waals surface area contributed by atoms with E-state index in [0.717, 1.165) is 5.56 Å². The molecule has 76 valence electrons. The van der Waals surface area contributed by atoms with Gasteiger partial charge in [-0.05, 0) is 18.9 Å². The summed E-state index contributed by atoms with van der Waals surface area (Å²) in [6, 6.07) is 7.68. The molecular weight excluding hydrogens is 178 g/mol. The van der Waals surface area contributed by atoms with Crippen molar-refractivity contribution in [1.82, 2.24) is 0 Å². The fourth-order valence-corrected chi connectivity index (χ4v) is 1.32. The van der Waals surface area contributed by atoms with Gasteiger partial charge in [-0.25, -0.2) is 0 Å². The molecule has 0 radical (unpaired) electrons. The first kappa shape index (κ1) is 10.7. The van der Waals surface area contributed by atoms with E-state index in [1.165, 1.54) is 5.56 Å². The first-order valence-electron chi connectivity index (χ1n) is 4.61. The molecule has 3 heteroatoms. The van der Waals surface area contributed by atoms with Gasteiger partial charge in [0.2, 0.25) is 0 Å². The predicted molar refractivity (Wildman–Crippen MR) is 55.1 cm³/mol. The molecule has 3 nitrogen and oxygen atoms in total. The second-order valence-corrected chi connectivity index (χ2v) is 3.55. The number of aryl methyl sites for hydroxylation is 1. The highest BCUT2D eigenvalue weighted by molar-refractivity contribution is 5.67. The summed E-state index contributed by atoms with van der Waals surface area (Å²) in [6.45, 7) is 2.01. The molecule has 1 unspecified atom stereocenters. The van der Waals surface area contributed by atoms with Crippen LogP contribution in [0.5, 0.6) is 0 Å². The zero-order chi connectivity index (χ0) is 10.6. The Hall–Kier alpha value is -1.35. The third-order valence-electron chi connectivity index (χ3n) is 2.06. The fourth-order valence-electron chi connectivity index (χ4n) is 1.32. The Labute approximate surface area is 83.6 Å². The first-order chi connectivity index (χ1) is 6.58. The van der Waals surface area contributed by atoms with Crippen LogP contribution in [0.2, 0.25) is 0 Å². The first-order valence-corrected chi connectivity index (χ1v) is 4.61. The van der Waals surface area contributed by atoms with Crippen molar-refractivity contribution >= 4 is 5.97 Å². The molecule has 0 saturated heterocycles. The number of hydrogen-bond donors (Lipinski definition) is 2. The number of carboxylic acids is 1. The average molecular weight is 193 g/mol. The molecule has 1 aromatic carbocycles. The van der Waals surface area contributed by atoms with Crippen molar-refractivity contribution in [2.75, 3.05) is 0 Å². The molecule has 14 heavy (non-hydrogen) atoms. The molecule has 0 aliphatic heterocycles. The number of nitrogens with two attached hydrogens (primary N) is 1. The van der Waals surface area contributed by atoms with E-state index in [1.807, 2.05) is 31.2 Å². The van der Waals surface area contributed by atoms with Crippen LogP contribution >= 0.6 is 0 Å². The maximum atomic E-state index is 10.4. The minimum atomic E-state index is -0.843. The van der Waals surface area contributed by atoms with Gasteiger partial charge in [-0.2, -0.15) is 0 Å².